The summed E-state index contributed by atoms with van der Waals surface area (Å²) in [4.78, 5) is 46.2. The third kappa shape index (κ3) is 5.01. The molecule has 0 saturated carbocycles. The zero-order chi connectivity index (χ0) is 21.7. The molecule has 11 nitrogen and oxygen atoms in total. The highest BCUT2D eigenvalue weighted by atomic mass is 16.7. The van der Waals surface area contributed by atoms with Crippen molar-refractivity contribution in [2.75, 3.05) is 18.7 Å². The van der Waals surface area contributed by atoms with Crippen molar-refractivity contribution in [3.63, 3.8) is 0 Å². The number of fused-ring (bicyclic) bond motifs is 1. The number of amides is 2. The van der Waals surface area contributed by atoms with E-state index in [1.807, 2.05) is 0 Å². The predicted octanol–water partition coefficient (Wildman–Crippen LogP) is 1.62. The topological polar surface area (TPSA) is 146 Å². The van der Waals surface area contributed by atoms with E-state index in [-0.39, 0.29) is 18.0 Å². The number of non-ortho nitro benzene ring substituents is 1. The van der Waals surface area contributed by atoms with Crippen molar-refractivity contribution in [3.8, 4) is 11.5 Å². The van der Waals surface area contributed by atoms with Gasteiger partial charge < -0.3 is 24.8 Å². The first-order chi connectivity index (χ1) is 14.3. The third-order valence-electron chi connectivity index (χ3n) is 4.05. The van der Waals surface area contributed by atoms with Gasteiger partial charge in [0.15, 0.2) is 17.6 Å². The lowest BCUT2D eigenvalue weighted by Crippen LogP contribution is -2.35. The molecule has 3 rings (SSSR count). The molecule has 30 heavy (non-hydrogen) atoms. The Morgan fingerprint density at radius 1 is 1.13 bits per heavy atom. The van der Waals surface area contributed by atoms with Crippen molar-refractivity contribution >= 4 is 29.2 Å². The number of nitro benzene ring substituents is 1. The number of hydrogen-bond donors (Lipinski definition) is 2. The highest BCUT2D eigenvalue weighted by Gasteiger charge is 2.20. The van der Waals surface area contributed by atoms with E-state index in [2.05, 4.69) is 10.6 Å². The summed E-state index contributed by atoms with van der Waals surface area (Å²) >= 11 is 0. The normalized spacial score (nSPS) is 12.6. The Hall–Kier alpha value is -4.15. The Morgan fingerprint density at radius 2 is 1.83 bits per heavy atom. The molecular weight excluding hydrogens is 398 g/mol. The molecule has 1 atom stereocenters. The minimum atomic E-state index is -1.14. The van der Waals surface area contributed by atoms with Crippen LogP contribution in [0.2, 0.25) is 0 Å². The molecule has 0 aromatic heterocycles. The molecule has 0 fully saturated rings. The fraction of sp³-hybridized carbons (Fsp3) is 0.211. The number of anilines is 1. The van der Waals surface area contributed by atoms with E-state index in [0.717, 1.165) is 0 Å². The zero-order valence-electron chi connectivity index (χ0n) is 15.7. The number of nitrogens with zero attached hydrogens (tertiary/aromatic N) is 1. The second kappa shape index (κ2) is 8.90. The van der Waals surface area contributed by atoms with Crippen LogP contribution in [0.5, 0.6) is 11.5 Å². The second-order valence-electron chi connectivity index (χ2n) is 6.18. The lowest BCUT2D eigenvalue weighted by Gasteiger charge is -2.14. The van der Waals surface area contributed by atoms with Crippen LogP contribution in [0.4, 0.5) is 11.4 Å². The van der Waals surface area contributed by atoms with Crippen LogP contribution in [0, 0.1) is 10.1 Å². The number of esters is 1. The molecule has 1 aliphatic heterocycles. The molecule has 2 amide bonds. The molecule has 2 N–H and O–H groups in total. The number of nitro groups is 1. The first kappa shape index (κ1) is 20.6. The molecule has 0 aliphatic carbocycles. The van der Waals surface area contributed by atoms with Crippen LogP contribution in [-0.4, -0.2) is 42.1 Å². The number of carbonyl (C=O) groups is 3. The zero-order valence-corrected chi connectivity index (χ0v) is 15.7. The highest BCUT2D eigenvalue weighted by Crippen LogP contribution is 2.32. The summed E-state index contributed by atoms with van der Waals surface area (Å²) < 4.78 is 15.3. The summed E-state index contributed by atoms with van der Waals surface area (Å²) in [5, 5.41) is 15.5. The molecule has 0 spiro atoms. The summed E-state index contributed by atoms with van der Waals surface area (Å²) in [6.07, 6.45) is -1.14. The molecule has 0 bridgehead atoms. The van der Waals surface area contributed by atoms with Gasteiger partial charge in [-0.05, 0) is 37.3 Å². The van der Waals surface area contributed by atoms with E-state index in [1.54, 1.807) is 6.07 Å². The van der Waals surface area contributed by atoms with E-state index in [0.29, 0.717) is 17.2 Å². The first-order valence-electron chi connectivity index (χ1n) is 8.76. The van der Waals surface area contributed by atoms with Gasteiger partial charge in [0.25, 0.3) is 17.5 Å². The van der Waals surface area contributed by atoms with Gasteiger partial charge in [0.2, 0.25) is 6.79 Å². The Bertz CT molecular complexity index is 990. The van der Waals surface area contributed by atoms with Gasteiger partial charge in [0, 0.05) is 23.4 Å². The average molecular weight is 415 g/mol. The minimum Gasteiger partial charge on any atom is -0.454 e. The quantitative estimate of drug-likeness (QED) is 0.394. The average Bonchev–Trinajstić information content (AvgIpc) is 3.20. The Morgan fingerprint density at radius 3 is 2.53 bits per heavy atom. The molecule has 0 radical (unpaired) electrons. The van der Waals surface area contributed by atoms with Gasteiger partial charge in [-0.25, -0.2) is 0 Å². The molecule has 1 aliphatic rings. The van der Waals surface area contributed by atoms with Crippen LogP contribution in [0.25, 0.3) is 0 Å². The Labute approximate surface area is 170 Å². The number of ether oxygens (including phenoxy) is 3. The van der Waals surface area contributed by atoms with Crippen molar-refractivity contribution in [1.82, 2.24) is 5.32 Å². The van der Waals surface area contributed by atoms with Crippen LogP contribution < -0.4 is 20.1 Å². The molecular formula is C19H17N3O8. The van der Waals surface area contributed by atoms with E-state index in [9.17, 15) is 24.5 Å². The maximum absolute atomic E-state index is 12.1. The van der Waals surface area contributed by atoms with Gasteiger partial charge >= 0.3 is 5.97 Å². The van der Waals surface area contributed by atoms with Crippen LogP contribution in [0.3, 0.4) is 0 Å². The third-order valence-corrected chi connectivity index (χ3v) is 4.05. The minimum absolute atomic E-state index is 0.0760. The molecule has 2 aromatic carbocycles. The fourth-order valence-electron chi connectivity index (χ4n) is 2.50. The van der Waals surface area contributed by atoms with Crippen LogP contribution in [0.15, 0.2) is 42.5 Å². The lowest BCUT2D eigenvalue weighted by atomic mass is 10.2. The van der Waals surface area contributed by atoms with E-state index < -0.39 is 35.4 Å². The van der Waals surface area contributed by atoms with Crippen molar-refractivity contribution in [1.29, 1.82) is 0 Å². The van der Waals surface area contributed by atoms with E-state index in [1.165, 1.54) is 43.3 Å². The second-order valence-corrected chi connectivity index (χ2v) is 6.18. The van der Waals surface area contributed by atoms with Gasteiger partial charge in [0.05, 0.1) is 4.92 Å². The summed E-state index contributed by atoms with van der Waals surface area (Å²) in [6.45, 7) is 0.993. The fourth-order valence-corrected chi connectivity index (χ4v) is 2.50. The largest absolute Gasteiger partial charge is 0.454 e. The van der Waals surface area contributed by atoms with Crippen LogP contribution in [-0.2, 0) is 14.3 Å². The Kier molecular flexibility index (Phi) is 6.11. The van der Waals surface area contributed by atoms with Crippen LogP contribution >= 0.6 is 0 Å². The smallest absolute Gasteiger partial charge is 0.326 e. The summed E-state index contributed by atoms with van der Waals surface area (Å²) in [7, 11) is 0. The van der Waals surface area contributed by atoms with E-state index in [4.69, 9.17) is 14.2 Å². The first-order valence-corrected chi connectivity index (χ1v) is 8.76. The van der Waals surface area contributed by atoms with Crippen LogP contribution in [0.1, 0.15) is 17.3 Å². The molecule has 11 heteroatoms. The summed E-state index contributed by atoms with van der Waals surface area (Å²) in [5.41, 5.74) is 0.464. The maximum Gasteiger partial charge on any atom is 0.326 e. The summed E-state index contributed by atoms with van der Waals surface area (Å²) in [6, 6.07) is 9.78. The molecule has 0 saturated heterocycles. The summed E-state index contributed by atoms with van der Waals surface area (Å²) in [5.74, 6) is -0.997. The van der Waals surface area contributed by atoms with Crippen molar-refractivity contribution in [2.24, 2.45) is 0 Å². The van der Waals surface area contributed by atoms with Gasteiger partial charge in [0.1, 0.15) is 6.54 Å². The molecule has 1 unspecified atom stereocenters. The molecule has 156 valence electrons. The number of nitrogens with one attached hydrogen (secondary N) is 2. The van der Waals surface area contributed by atoms with E-state index >= 15 is 0 Å². The van der Waals surface area contributed by atoms with Gasteiger partial charge in [-0.2, -0.15) is 0 Å². The van der Waals surface area contributed by atoms with Gasteiger partial charge in [-0.1, -0.05) is 0 Å². The lowest BCUT2D eigenvalue weighted by molar-refractivity contribution is -0.384. The number of carbonyl (C=O) groups excluding carboxylic acids is 3. The number of hydrogen-bond acceptors (Lipinski definition) is 8. The van der Waals surface area contributed by atoms with Crippen molar-refractivity contribution < 1.29 is 33.5 Å². The monoisotopic (exact) mass is 415 g/mol. The molecule has 1 heterocycles. The SMILES string of the molecule is CC(OC(=O)CNC(=O)c1ccc2c(c1)OCO2)C(=O)Nc1ccc([N+](=O)[O-])cc1. The maximum atomic E-state index is 12.1. The number of benzene rings is 2. The van der Waals surface area contributed by atoms with Crippen molar-refractivity contribution in [2.45, 2.75) is 13.0 Å². The standard InChI is InChI=1S/C19H17N3O8/c1-11(18(24)21-13-3-5-14(6-4-13)22(26)27)30-17(23)9-20-19(25)12-2-7-15-16(8-12)29-10-28-15/h2-8,11H,9-10H2,1H3,(H,20,25)(H,21,24). The van der Waals surface area contributed by atoms with Gasteiger partial charge in [-0.15, -0.1) is 0 Å². The van der Waals surface area contributed by atoms with Crippen molar-refractivity contribution in [3.05, 3.63) is 58.1 Å². The number of rotatable bonds is 7. The van der Waals surface area contributed by atoms with Gasteiger partial charge in [-0.3, -0.25) is 24.5 Å². The highest BCUT2D eigenvalue weighted by molar-refractivity contribution is 5.97. The molecule has 2 aromatic rings. The predicted molar refractivity (Wildman–Crippen MR) is 102 cm³/mol. The Balaban J connectivity index is 1.46.